The summed E-state index contributed by atoms with van der Waals surface area (Å²) < 4.78 is 20.1. The standard InChI is InChI=1S/C20H22FN5O2/c1-14-11-18(28-23-14)13-24-7-9-25(10-8-24)20(27)19-12-22-26(15(19)2)17-5-3-16(21)4-6-17/h3-6,11-12H,7-10,13H2,1-2H3. The molecule has 28 heavy (non-hydrogen) atoms. The van der Waals surface area contributed by atoms with Crippen LogP contribution in [0.4, 0.5) is 4.39 Å². The number of amides is 1. The Balaban J connectivity index is 1.41. The molecular weight excluding hydrogens is 361 g/mol. The smallest absolute Gasteiger partial charge is 0.257 e. The topological polar surface area (TPSA) is 67.4 Å². The van der Waals surface area contributed by atoms with Gasteiger partial charge in [-0.05, 0) is 38.1 Å². The van der Waals surface area contributed by atoms with Crippen molar-refractivity contribution in [3.05, 3.63) is 65.1 Å². The largest absolute Gasteiger partial charge is 0.360 e. The number of aromatic nitrogens is 3. The van der Waals surface area contributed by atoms with Gasteiger partial charge in [-0.3, -0.25) is 9.69 Å². The van der Waals surface area contributed by atoms with Crippen molar-refractivity contribution >= 4 is 5.91 Å². The average Bonchev–Trinajstić information content (AvgIpc) is 3.28. The highest BCUT2D eigenvalue weighted by Gasteiger charge is 2.25. The lowest BCUT2D eigenvalue weighted by molar-refractivity contribution is 0.0616. The van der Waals surface area contributed by atoms with Gasteiger partial charge in [0, 0.05) is 32.2 Å². The molecule has 146 valence electrons. The van der Waals surface area contributed by atoms with Gasteiger partial charge in [0.25, 0.3) is 5.91 Å². The lowest BCUT2D eigenvalue weighted by Gasteiger charge is -2.34. The number of halogens is 1. The van der Waals surface area contributed by atoms with Crippen LogP contribution in [-0.4, -0.2) is 56.8 Å². The number of carbonyl (C=O) groups excluding carboxylic acids is 1. The van der Waals surface area contributed by atoms with Crippen LogP contribution in [0.25, 0.3) is 5.69 Å². The van der Waals surface area contributed by atoms with Gasteiger partial charge in [-0.1, -0.05) is 5.16 Å². The first kappa shape index (κ1) is 18.4. The molecule has 0 unspecified atom stereocenters. The van der Waals surface area contributed by atoms with E-state index in [1.54, 1.807) is 23.0 Å². The minimum absolute atomic E-state index is 0.0268. The van der Waals surface area contributed by atoms with Crippen molar-refractivity contribution in [1.29, 1.82) is 0 Å². The zero-order valence-electron chi connectivity index (χ0n) is 15.9. The second kappa shape index (κ2) is 7.55. The minimum Gasteiger partial charge on any atom is -0.360 e. The van der Waals surface area contributed by atoms with E-state index in [0.29, 0.717) is 25.2 Å². The van der Waals surface area contributed by atoms with E-state index in [-0.39, 0.29) is 11.7 Å². The third-order valence-electron chi connectivity index (χ3n) is 5.03. The molecule has 0 N–H and O–H groups in total. The number of piperazine rings is 1. The second-order valence-corrected chi connectivity index (χ2v) is 7.03. The van der Waals surface area contributed by atoms with Crippen molar-refractivity contribution in [1.82, 2.24) is 24.7 Å². The van der Waals surface area contributed by atoms with Crippen molar-refractivity contribution < 1.29 is 13.7 Å². The minimum atomic E-state index is -0.303. The predicted molar refractivity (Wildman–Crippen MR) is 101 cm³/mol. The van der Waals surface area contributed by atoms with Crippen LogP contribution in [0.3, 0.4) is 0 Å². The normalized spacial score (nSPS) is 15.2. The van der Waals surface area contributed by atoms with Crippen molar-refractivity contribution in [3.8, 4) is 5.69 Å². The summed E-state index contributed by atoms with van der Waals surface area (Å²) in [6.07, 6.45) is 1.59. The Kier molecular flexibility index (Phi) is 4.95. The van der Waals surface area contributed by atoms with Crippen molar-refractivity contribution in [2.24, 2.45) is 0 Å². The maximum absolute atomic E-state index is 13.1. The summed E-state index contributed by atoms with van der Waals surface area (Å²) in [5.41, 5.74) is 2.92. The zero-order chi connectivity index (χ0) is 19.7. The molecule has 3 heterocycles. The van der Waals surface area contributed by atoms with Gasteiger partial charge in [-0.25, -0.2) is 9.07 Å². The first-order valence-corrected chi connectivity index (χ1v) is 9.25. The molecule has 2 aromatic heterocycles. The number of rotatable bonds is 4. The van der Waals surface area contributed by atoms with E-state index in [4.69, 9.17) is 4.52 Å². The van der Waals surface area contributed by atoms with Gasteiger partial charge in [0.15, 0.2) is 5.76 Å². The fraction of sp³-hybridized carbons (Fsp3) is 0.350. The Morgan fingerprint density at radius 1 is 1.14 bits per heavy atom. The lowest BCUT2D eigenvalue weighted by Crippen LogP contribution is -2.48. The van der Waals surface area contributed by atoms with E-state index < -0.39 is 0 Å². The Labute approximate surface area is 162 Å². The van der Waals surface area contributed by atoms with E-state index in [1.807, 2.05) is 24.8 Å². The van der Waals surface area contributed by atoms with Crippen LogP contribution in [0.1, 0.15) is 27.5 Å². The zero-order valence-corrected chi connectivity index (χ0v) is 15.9. The fourth-order valence-electron chi connectivity index (χ4n) is 3.45. The quantitative estimate of drug-likeness (QED) is 0.693. The third-order valence-corrected chi connectivity index (χ3v) is 5.03. The maximum Gasteiger partial charge on any atom is 0.257 e. The van der Waals surface area contributed by atoms with Crippen LogP contribution in [0, 0.1) is 19.7 Å². The summed E-state index contributed by atoms with van der Waals surface area (Å²) >= 11 is 0. The first-order valence-electron chi connectivity index (χ1n) is 9.25. The molecule has 0 aliphatic carbocycles. The van der Waals surface area contributed by atoms with Crippen molar-refractivity contribution in [3.63, 3.8) is 0 Å². The van der Waals surface area contributed by atoms with Crippen LogP contribution in [0.2, 0.25) is 0 Å². The highest BCUT2D eigenvalue weighted by atomic mass is 19.1. The number of benzene rings is 1. The van der Waals surface area contributed by atoms with Gasteiger partial charge >= 0.3 is 0 Å². The summed E-state index contributed by atoms with van der Waals surface area (Å²) in [5.74, 6) is 0.512. The van der Waals surface area contributed by atoms with E-state index in [2.05, 4.69) is 15.2 Å². The van der Waals surface area contributed by atoms with E-state index in [1.165, 1.54) is 12.1 Å². The summed E-state index contributed by atoms with van der Waals surface area (Å²) in [7, 11) is 0. The average molecular weight is 383 g/mol. The van der Waals surface area contributed by atoms with Crippen LogP contribution >= 0.6 is 0 Å². The van der Waals surface area contributed by atoms with Gasteiger partial charge in [0.2, 0.25) is 0 Å². The molecular formula is C20H22FN5O2. The Morgan fingerprint density at radius 3 is 2.50 bits per heavy atom. The van der Waals surface area contributed by atoms with Gasteiger partial charge in [-0.2, -0.15) is 5.10 Å². The highest BCUT2D eigenvalue weighted by Crippen LogP contribution is 2.18. The summed E-state index contributed by atoms with van der Waals surface area (Å²) in [6, 6.07) is 7.99. The molecule has 1 saturated heterocycles. The number of nitrogens with zero attached hydrogens (tertiary/aromatic N) is 5. The van der Waals surface area contributed by atoms with Gasteiger partial charge in [-0.15, -0.1) is 0 Å². The lowest BCUT2D eigenvalue weighted by atomic mass is 10.2. The Hall–Kier alpha value is -3.00. The SMILES string of the molecule is Cc1cc(CN2CCN(C(=O)c3cnn(-c4ccc(F)cc4)c3C)CC2)on1. The van der Waals surface area contributed by atoms with E-state index in [0.717, 1.165) is 35.9 Å². The molecule has 1 aromatic carbocycles. The van der Waals surface area contributed by atoms with Gasteiger partial charge in [0.1, 0.15) is 5.82 Å². The molecule has 0 spiro atoms. The molecule has 3 aromatic rings. The number of hydrogen-bond donors (Lipinski definition) is 0. The first-order chi connectivity index (χ1) is 13.5. The van der Waals surface area contributed by atoms with Crippen molar-refractivity contribution in [2.45, 2.75) is 20.4 Å². The van der Waals surface area contributed by atoms with E-state index in [9.17, 15) is 9.18 Å². The van der Waals surface area contributed by atoms with Gasteiger partial charge < -0.3 is 9.42 Å². The molecule has 0 atom stereocenters. The molecule has 0 bridgehead atoms. The van der Waals surface area contributed by atoms with E-state index >= 15 is 0 Å². The molecule has 1 fully saturated rings. The number of aryl methyl sites for hydroxylation is 1. The molecule has 0 saturated carbocycles. The molecule has 1 amide bonds. The van der Waals surface area contributed by atoms with Gasteiger partial charge in [0.05, 0.1) is 35.4 Å². The second-order valence-electron chi connectivity index (χ2n) is 7.03. The molecule has 0 radical (unpaired) electrons. The molecule has 7 nitrogen and oxygen atoms in total. The molecule has 1 aliphatic rings. The molecule has 8 heteroatoms. The maximum atomic E-state index is 13.1. The van der Waals surface area contributed by atoms with Crippen LogP contribution < -0.4 is 0 Å². The monoisotopic (exact) mass is 383 g/mol. The summed E-state index contributed by atoms with van der Waals surface area (Å²) in [6.45, 7) is 7.29. The molecule has 1 aliphatic heterocycles. The number of hydrogen-bond acceptors (Lipinski definition) is 5. The third kappa shape index (κ3) is 3.68. The fourth-order valence-corrected chi connectivity index (χ4v) is 3.45. The molecule has 4 rings (SSSR count). The van der Waals surface area contributed by atoms with Crippen LogP contribution in [-0.2, 0) is 6.54 Å². The Morgan fingerprint density at radius 2 is 1.86 bits per heavy atom. The Bertz CT molecular complexity index is 971. The summed E-state index contributed by atoms with van der Waals surface area (Å²) in [5, 5.41) is 8.23. The number of carbonyl (C=O) groups is 1. The highest BCUT2D eigenvalue weighted by molar-refractivity contribution is 5.95. The summed E-state index contributed by atoms with van der Waals surface area (Å²) in [4.78, 5) is 17.1. The van der Waals surface area contributed by atoms with Crippen LogP contribution in [0.5, 0.6) is 0 Å². The van der Waals surface area contributed by atoms with Crippen LogP contribution in [0.15, 0.2) is 41.1 Å². The van der Waals surface area contributed by atoms with Crippen molar-refractivity contribution in [2.75, 3.05) is 26.2 Å². The predicted octanol–water partition coefficient (Wildman–Crippen LogP) is 2.57.